The van der Waals surface area contributed by atoms with E-state index in [2.05, 4.69) is 19.1 Å². The first-order valence-corrected chi connectivity index (χ1v) is 6.54. The predicted molar refractivity (Wildman–Crippen MR) is 73.2 cm³/mol. The van der Waals surface area contributed by atoms with Crippen molar-refractivity contribution in [3.05, 3.63) is 35.4 Å². The van der Waals surface area contributed by atoms with Crippen LogP contribution < -0.4 is 0 Å². The van der Waals surface area contributed by atoms with Gasteiger partial charge in [-0.2, -0.15) is 0 Å². The van der Waals surface area contributed by atoms with E-state index in [1.807, 2.05) is 24.0 Å². The molecule has 0 saturated carbocycles. The van der Waals surface area contributed by atoms with Gasteiger partial charge in [0.25, 0.3) is 0 Å². The van der Waals surface area contributed by atoms with Crippen molar-refractivity contribution in [3.63, 3.8) is 0 Å². The SMILES string of the molecule is CCN(Cc1cccc(C)c1)C(=O)CCC(C)O. The van der Waals surface area contributed by atoms with Crippen LogP contribution in [0.3, 0.4) is 0 Å². The number of hydrogen-bond donors (Lipinski definition) is 1. The zero-order valence-corrected chi connectivity index (χ0v) is 11.5. The van der Waals surface area contributed by atoms with Crippen LogP contribution in [0.15, 0.2) is 24.3 Å². The van der Waals surface area contributed by atoms with E-state index in [1.54, 1.807) is 6.92 Å². The van der Waals surface area contributed by atoms with Crippen molar-refractivity contribution in [1.82, 2.24) is 4.90 Å². The quantitative estimate of drug-likeness (QED) is 0.841. The number of amides is 1. The Hall–Kier alpha value is -1.35. The summed E-state index contributed by atoms with van der Waals surface area (Å²) in [6, 6.07) is 8.20. The van der Waals surface area contributed by atoms with Crippen molar-refractivity contribution in [3.8, 4) is 0 Å². The van der Waals surface area contributed by atoms with Crippen molar-refractivity contribution >= 4 is 5.91 Å². The lowest BCUT2D eigenvalue weighted by Gasteiger charge is -2.21. The second-order valence-corrected chi connectivity index (χ2v) is 4.78. The smallest absolute Gasteiger partial charge is 0.222 e. The first-order valence-electron chi connectivity index (χ1n) is 6.54. The second kappa shape index (κ2) is 7.17. The van der Waals surface area contributed by atoms with Gasteiger partial charge in [-0.3, -0.25) is 4.79 Å². The normalized spacial score (nSPS) is 12.2. The Morgan fingerprint density at radius 2 is 2.17 bits per heavy atom. The maximum absolute atomic E-state index is 12.0. The molecular weight excluding hydrogens is 226 g/mol. The Morgan fingerprint density at radius 3 is 2.72 bits per heavy atom. The van der Waals surface area contributed by atoms with Crippen molar-refractivity contribution in [2.45, 2.75) is 46.3 Å². The van der Waals surface area contributed by atoms with Crippen molar-refractivity contribution in [2.75, 3.05) is 6.54 Å². The molecule has 0 aliphatic heterocycles. The molecule has 0 radical (unpaired) electrons. The summed E-state index contributed by atoms with van der Waals surface area (Å²) < 4.78 is 0. The first-order chi connectivity index (χ1) is 8.52. The van der Waals surface area contributed by atoms with E-state index in [0.29, 0.717) is 25.9 Å². The molecule has 1 atom stereocenters. The van der Waals surface area contributed by atoms with Crippen LogP contribution in [0.1, 0.15) is 37.8 Å². The highest BCUT2D eigenvalue weighted by Gasteiger charge is 2.12. The number of aliphatic hydroxyl groups excluding tert-OH is 1. The summed E-state index contributed by atoms with van der Waals surface area (Å²) in [5.41, 5.74) is 2.36. The molecule has 1 rings (SSSR count). The van der Waals surface area contributed by atoms with E-state index in [4.69, 9.17) is 0 Å². The van der Waals surface area contributed by atoms with Gasteiger partial charge in [0.1, 0.15) is 0 Å². The fourth-order valence-corrected chi connectivity index (χ4v) is 1.90. The molecule has 1 aromatic rings. The first kappa shape index (κ1) is 14.7. The number of carbonyl (C=O) groups is 1. The van der Waals surface area contributed by atoms with E-state index in [9.17, 15) is 9.90 Å². The molecule has 0 spiro atoms. The van der Waals surface area contributed by atoms with Gasteiger partial charge >= 0.3 is 0 Å². The lowest BCUT2D eigenvalue weighted by atomic mass is 10.1. The minimum Gasteiger partial charge on any atom is -0.393 e. The number of rotatable bonds is 6. The molecule has 3 heteroatoms. The van der Waals surface area contributed by atoms with E-state index >= 15 is 0 Å². The van der Waals surface area contributed by atoms with E-state index in [1.165, 1.54) is 5.56 Å². The van der Waals surface area contributed by atoms with Gasteiger partial charge in [0, 0.05) is 19.5 Å². The van der Waals surface area contributed by atoms with Gasteiger partial charge in [-0.25, -0.2) is 0 Å². The molecular formula is C15H23NO2. The van der Waals surface area contributed by atoms with Gasteiger partial charge in [0.15, 0.2) is 0 Å². The largest absolute Gasteiger partial charge is 0.393 e. The minimum atomic E-state index is -0.411. The monoisotopic (exact) mass is 249 g/mol. The Balaban J connectivity index is 2.58. The van der Waals surface area contributed by atoms with Gasteiger partial charge < -0.3 is 10.0 Å². The molecule has 0 aliphatic rings. The molecule has 0 bridgehead atoms. The van der Waals surface area contributed by atoms with Crippen LogP contribution in [0, 0.1) is 6.92 Å². The average Bonchev–Trinajstić information content (AvgIpc) is 2.33. The zero-order chi connectivity index (χ0) is 13.5. The molecule has 1 aromatic carbocycles. The molecule has 0 aromatic heterocycles. The number of nitrogens with zero attached hydrogens (tertiary/aromatic N) is 1. The third-order valence-corrected chi connectivity index (χ3v) is 2.97. The fourth-order valence-electron chi connectivity index (χ4n) is 1.90. The summed E-state index contributed by atoms with van der Waals surface area (Å²) in [5, 5.41) is 9.21. The van der Waals surface area contributed by atoms with Crippen LogP contribution in [0.25, 0.3) is 0 Å². The van der Waals surface area contributed by atoms with Crippen molar-refractivity contribution in [1.29, 1.82) is 0 Å². The van der Waals surface area contributed by atoms with Crippen LogP contribution in [0.5, 0.6) is 0 Å². The lowest BCUT2D eigenvalue weighted by molar-refractivity contribution is -0.132. The zero-order valence-electron chi connectivity index (χ0n) is 11.5. The summed E-state index contributed by atoms with van der Waals surface area (Å²) in [5.74, 6) is 0.111. The lowest BCUT2D eigenvalue weighted by Crippen LogP contribution is -2.30. The summed E-state index contributed by atoms with van der Waals surface area (Å²) in [6.45, 7) is 7.10. The van der Waals surface area contributed by atoms with E-state index < -0.39 is 6.10 Å². The molecule has 1 N–H and O–H groups in total. The van der Waals surface area contributed by atoms with Gasteiger partial charge in [0.05, 0.1) is 6.10 Å². The van der Waals surface area contributed by atoms with Gasteiger partial charge in [0.2, 0.25) is 5.91 Å². The molecule has 0 aliphatic carbocycles. The molecule has 0 saturated heterocycles. The Labute approximate surface area is 109 Å². The second-order valence-electron chi connectivity index (χ2n) is 4.78. The van der Waals surface area contributed by atoms with Crippen molar-refractivity contribution in [2.24, 2.45) is 0 Å². The Morgan fingerprint density at radius 1 is 1.44 bits per heavy atom. The van der Waals surface area contributed by atoms with E-state index in [0.717, 1.165) is 5.56 Å². The topological polar surface area (TPSA) is 40.5 Å². The Kier molecular flexibility index (Phi) is 5.86. The van der Waals surface area contributed by atoms with Gasteiger partial charge in [-0.15, -0.1) is 0 Å². The van der Waals surface area contributed by atoms with Gasteiger partial charge in [-0.1, -0.05) is 29.8 Å². The summed E-state index contributed by atoms with van der Waals surface area (Å²) in [7, 11) is 0. The number of aliphatic hydroxyl groups is 1. The summed E-state index contributed by atoms with van der Waals surface area (Å²) in [4.78, 5) is 13.8. The number of aryl methyl sites for hydroxylation is 1. The standard InChI is InChI=1S/C15H23NO2/c1-4-16(15(18)9-8-13(3)17)11-14-7-5-6-12(2)10-14/h5-7,10,13,17H,4,8-9,11H2,1-3H3. The minimum absolute atomic E-state index is 0.111. The van der Waals surface area contributed by atoms with Gasteiger partial charge in [-0.05, 0) is 32.8 Å². The number of hydrogen-bond acceptors (Lipinski definition) is 2. The van der Waals surface area contributed by atoms with Crippen LogP contribution in [0.2, 0.25) is 0 Å². The third kappa shape index (κ3) is 4.88. The predicted octanol–water partition coefficient (Wildman–Crippen LogP) is 2.50. The maximum Gasteiger partial charge on any atom is 0.222 e. The van der Waals surface area contributed by atoms with Crippen molar-refractivity contribution < 1.29 is 9.90 Å². The molecule has 100 valence electrons. The highest BCUT2D eigenvalue weighted by molar-refractivity contribution is 5.76. The van der Waals surface area contributed by atoms with Crippen LogP contribution >= 0.6 is 0 Å². The van der Waals surface area contributed by atoms with Crippen LogP contribution in [-0.2, 0) is 11.3 Å². The van der Waals surface area contributed by atoms with Crippen LogP contribution in [-0.4, -0.2) is 28.6 Å². The van der Waals surface area contributed by atoms with Crippen LogP contribution in [0.4, 0.5) is 0 Å². The summed E-state index contributed by atoms with van der Waals surface area (Å²) in [6.07, 6.45) is 0.534. The number of carbonyl (C=O) groups excluding carboxylic acids is 1. The molecule has 1 unspecified atom stereocenters. The molecule has 0 fully saturated rings. The summed E-state index contributed by atoms with van der Waals surface area (Å²) >= 11 is 0. The number of benzene rings is 1. The highest BCUT2D eigenvalue weighted by atomic mass is 16.3. The maximum atomic E-state index is 12.0. The average molecular weight is 249 g/mol. The molecule has 3 nitrogen and oxygen atoms in total. The third-order valence-electron chi connectivity index (χ3n) is 2.97. The molecule has 0 heterocycles. The molecule has 18 heavy (non-hydrogen) atoms. The fraction of sp³-hybridized carbons (Fsp3) is 0.533. The molecule has 1 amide bonds. The van der Waals surface area contributed by atoms with E-state index in [-0.39, 0.29) is 5.91 Å². The Bertz CT molecular complexity index is 388. The highest BCUT2D eigenvalue weighted by Crippen LogP contribution is 2.10.